The van der Waals surface area contributed by atoms with Crippen molar-refractivity contribution in [2.24, 2.45) is 5.10 Å². The van der Waals surface area contributed by atoms with Crippen molar-refractivity contribution in [3.05, 3.63) is 29.3 Å². The minimum absolute atomic E-state index is 0.0828. The number of benzene rings is 1. The number of rotatable bonds is 4. The summed E-state index contributed by atoms with van der Waals surface area (Å²) in [5.41, 5.74) is 3.55. The van der Waals surface area contributed by atoms with Gasteiger partial charge in [-0.2, -0.15) is 5.10 Å². The third kappa shape index (κ3) is 3.74. The maximum atomic E-state index is 11.5. The molecule has 0 aromatic heterocycles. The van der Waals surface area contributed by atoms with Crippen molar-refractivity contribution in [1.29, 1.82) is 0 Å². The van der Waals surface area contributed by atoms with Crippen molar-refractivity contribution >= 4 is 23.2 Å². The first kappa shape index (κ1) is 12.9. The highest BCUT2D eigenvalue weighted by Gasteiger charge is 2.09. The lowest BCUT2D eigenvalue weighted by Gasteiger charge is -2.06. The van der Waals surface area contributed by atoms with Gasteiger partial charge in [0.15, 0.2) is 6.61 Å². The Morgan fingerprint density at radius 3 is 2.78 bits per heavy atom. The quantitative estimate of drug-likeness (QED) is 0.852. The highest BCUT2D eigenvalue weighted by Crippen LogP contribution is 2.22. The molecule has 1 aliphatic carbocycles. The number of ether oxygens (including phenoxy) is 1. The highest BCUT2D eigenvalue weighted by atomic mass is 35.5. The smallest absolute Gasteiger partial charge is 0.277 e. The van der Waals surface area contributed by atoms with E-state index in [2.05, 4.69) is 10.5 Å². The summed E-state index contributed by atoms with van der Waals surface area (Å²) in [6.45, 7) is -0.0828. The number of carbonyl (C=O) groups excluding carboxylic acids is 1. The Labute approximate surface area is 111 Å². The topological polar surface area (TPSA) is 50.7 Å². The maximum absolute atomic E-state index is 11.5. The van der Waals surface area contributed by atoms with E-state index in [1.807, 2.05) is 0 Å². The lowest BCUT2D eigenvalue weighted by Crippen LogP contribution is -2.25. The zero-order chi connectivity index (χ0) is 12.8. The third-order valence-corrected chi connectivity index (χ3v) is 3.03. The van der Waals surface area contributed by atoms with E-state index in [0.29, 0.717) is 10.8 Å². The average Bonchev–Trinajstić information content (AvgIpc) is 2.88. The molecule has 0 atom stereocenters. The molecule has 1 fully saturated rings. The highest BCUT2D eigenvalue weighted by molar-refractivity contribution is 6.32. The standard InChI is InChI=1S/C13H15ClN2O2/c14-11-7-3-4-8-12(11)18-9-13(17)16-15-10-5-1-2-6-10/h3-4,7-8H,1-2,5-6,9H2,(H,16,17). The van der Waals surface area contributed by atoms with Crippen molar-refractivity contribution in [3.63, 3.8) is 0 Å². The van der Waals surface area contributed by atoms with Crippen molar-refractivity contribution in [3.8, 4) is 5.75 Å². The summed E-state index contributed by atoms with van der Waals surface area (Å²) in [6, 6.07) is 7.05. The molecule has 0 radical (unpaired) electrons. The number of carbonyl (C=O) groups is 1. The molecule has 5 heteroatoms. The second-order valence-electron chi connectivity index (χ2n) is 4.14. The number of amides is 1. The molecule has 1 N–H and O–H groups in total. The van der Waals surface area contributed by atoms with Crippen LogP contribution in [0.25, 0.3) is 0 Å². The van der Waals surface area contributed by atoms with E-state index in [1.54, 1.807) is 24.3 Å². The number of para-hydroxylation sites is 1. The first-order valence-corrected chi connectivity index (χ1v) is 6.35. The van der Waals surface area contributed by atoms with Gasteiger partial charge < -0.3 is 4.74 Å². The number of nitrogens with one attached hydrogen (secondary N) is 1. The molecular formula is C13H15ClN2O2. The Morgan fingerprint density at radius 2 is 2.06 bits per heavy atom. The van der Waals surface area contributed by atoms with Crippen molar-refractivity contribution in [1.82, 2.24) is 5.43 Å². The van der Waals surface area contributed by atoms with Crippen LogP contribution in [0.3, 0.4) is 0 Å². The molecule has 1 saturated carbocycles. The number of hydrogen-bond donors (Lipinski definition) is 1. The lowest BCUT2D eigenvalue weighted by molar-refractivity contribution is -0.123. The van der Waals surface area contributed by atoms with Crippen LogP contribution in [0, 0.1) is 0 Å². The Hall–Kier alpha value is -1.55. The zero-order valence-electron chi connectivity index (χ0n) is 9.99. The normalized spacial score (nSPS) is 14.4. The minimum Gasteiger partial charge on any atom is -0.482 e. The van der Waals surface area contributed by atoms with Crippen LogP contribution in [0.5, 0.6) is 5.75 Å². The van der Waals surface area contributed by atoms with Crippen molar-refractivity contribution in [2.75, 3.05) is 6.61 Å². The molecule has 1 aromatic carbocycles. The van der Waals surface area contributed by atoms with Gasteiger partial charge in [-0.15, -0.1) is 0 Å². The van der Waals surface area contributed by atoms with Crippen LogP contribution in [0.4, 0.5) is 0 Å². The van der Waals surface area contributed by atoms with Crippen molar-refractivity contribution < 1.29 is 9.53 Å². The first-order valence-electron chi connectivity index (χ1n) is 5.97. The molecule has 0 spiro atoms. The lowest BCUT2D eigenvalue weighted by atomic mass is 10.3. The van der Waals surface area contributed by atoms with Gasteiger partial charge in [0, 0.05) is 5.71 Å². The Kier molecular flexibility index (Phi) is 4.59. The first-order chi connectivity index (χ1) is 8.75. The van der Waals surface area contributed by atoms with Crippen LogP contribution in [0.2, 0.25) is 5.02 Å². The van der Waals surface area contributed by atoms with E-state index >= 15 is 0 Å². The van der Waals surface area contributed by atoms with Gasteiger partial charge in [-0.05, 0) is 37.8 Å². The molecule has 18 heavy (non-hydrogen) atoms. The van der Waals surface area contributed by atoms with Gasteiger partial charge >= 0.3 is 0 Å². The number of hydrogen-bond acceptors (Lipinski definition) is 3. The van der Waals surface area contributed by atoms with Crippen LogP contribution in [-0.2, 0) is 4.79 Å². The summed E-state index contributed by atoms with van der Waals surface area (Å²) < 4.78 is 5.30. The molecule has 1 aliphatic rings. The predicted octanol–water partition coefficient (Wildman–Crippen LogP) is 2.77. The SMILES string of the molecule is O=C(COc1ccccc1Cl)NN=C1CCCC1. The Bertz CT molecular complexity index is 452. The number of hydrazone groups is 1. The molecule has 4 nitrogen and oxygen atoms in total. The average molecular weight is 267 g/mol. The van der Waals surface area contributed by atoms with Gasteiger partial charge in [-0.3, -0.25) is 4.79 Å². The monoisotopic (exact) mass is 266 g/mol. The summed E-state index contributed by atoms with van der Waals surface area (Å²) in [6.07, 6.45) is 4.27. The summed E-state index contributed by atoms with van der Waals surface area (Å²) in [4.78, 5) is 11.5. The largest absolute Gasteiger partial charge is 0.482 e. The Morgan fingerprint density at radius 1 is 1.33 bits per heavy atom. The van der Waals surface area contributed by atoms with E-state index in [1.165, 1.54) is 0 Å². The summed E-state index contributed by atoms with van der Waals surface area (Å²) >= 11 is 5.90. The van der Waals surface area contributed by atoms with Crippen LogP contribution < -0.4 is 10.2 Å². The molecule has 1 aromatic rings. The predicted molar refractivity (Wildman–Crippen MR) is 71.0 cm³/mol. The molecule has 0 saturated heterocycles. The summed E-state index contributed by atoms with van der Waals surface area (Å²) in [7, 11) is 0. The van der Waals surface area contributed by atoms with Gasteiger partial charge in [-0.1, -0.05) is 23.7 Å². The molecule has 1 amide bonds. The second kappa shape index (κ2) is 6.40. The van der Waals surface area contributed by atoms with Gasteiger partial charge in [0.05, 0.1) is 5.02 Å². The summed E-state index contributed by atoms with van der Waals surface area (Å²) in [5, 5.41) is 4.55. The van der Waals surface area contributed by atoms with Gasteiger partial charge in [0.1, 0.15) is 5.75 Å². The molecular weight excluding hydrogens is 252 g/mol. The molecule has 96 valence electrons. The zero-order valence-corrected chi connectivity index (χ0v) is 10.7. The third-order valence-electron chi connectivity index (χ3n) is 2.71. The molecule has 0 unspecified atom stereocenters. The van der Waals surface area contributed by atoms with Gasteiger partial charge in [0.2, 0.25) is 0 Å². The number of halogens is 1. The van der Waals surface area contributed by atoms with E-state index in [0.717, 1.165) is 31.4 Å². The van der Waals surface area contributed by atoms with E-state index < -0.39 is 0 Å². The molecule has 0 aliphatic heterocycles. The molecule has 0 bridgehead atoms. The van der Waals surface area contributed by atoms with E-state index in [-0.39, 0.29) is 12.5 Å². The summed E-state index contributed by atoms with van der Waals surface area (Å²) in [5.74, 6) is 0.233. The van der Waals surface area contributed by atoms with E-state index in [4.69, 9.17) is 16.3 Å². The fraction of sp³-hybridized carbons (Fsp3) is 0.385. The van der Waals surface area contributed by atoms with Crippen molar-refractivity contribution in [2.45, 2.75) is 25.7 Å². The Balaban J connectivity index is 1.78. The van der Waals surface area contributed by atoms with Crippen LogP contribution >= 0.6 is 11.6 Å². The van der Waals surface area contributed by atoms with E-state index in [9.17, 15) is 4.79 Å². The van der Waals surface area contributed by atoms with Crippen LogP contribution in [-0.4, -0.2) is 18.2 Å². The fourth-order valence-electron chi connectivity index (χ4n) is 1.77. The molecule has 0 heterocycles. The second-order valence-corrected chi connectivity index (χ2v) is 4.55. The van der Waals surface area contributed by atoms with Gasteiger partial charge in [0.25, 0.3) is 5.91 Å². The fourth-order valence-corrected chi connectivity index (χ4v) is 1.96. The minimum atomic E-state index is -0.269. The molecule has 2 rings (SSSR count). The maximum Gasteiger partial charge on any atom is 0.277 e. The van der Waals surface area contributed by atoms with Crippen LogP contribution in [0.1, 0.15) is 25.7 Å². The van der Waals surface area contributed by atoms with Crippen LogP contribution in [0.15, 0.2) is 29.4 Å². The van der Waals surface area contributed by atoms with Gasteiger partial charge in [-0.25, -0.2) is 5.43 Å². The number of nitrogens with zero attached hydrogens (tertiary/aromatic N) is 1.